The molecule has 0 bridgehead atoms. The Morgan fingerprint density at radius 2 is 1.95 bits per heavy atom. The SMILES string of the molecule is CC(CN)CN1CCN(C(=O)c2ccc(O)cc2O)CC1. The predicted octanol–water partition coefficient (Wildman–Crippen LogP) is 0.450. The van der Waals surface area contributed by atoms with E-state index in [2.05, 4.69) is 11.8 Å². The standard InChI is InChI=1S/C15H23N3O3/c1-11(9-16)10-17-4-6-18(7-5-17)15(21)13-3-2-12(19)8-14(13)20/h2-3,8,11,19-20H,4-7,9-10,16H2,1H3. The van der Waals surface area contributed by atoms with E-state index in [4.69, 9.17) is 5.73 Å². The fraction of sp³-hybridized carbons (Fsp3) is 0.533. The minimum absolute atomic E-state index is 0.0513. The van der Waals surface area contributed by atoms with Gasteiger partial charge in [0, 0.05) is 38.8 Å². The van der Waals surface area contributed by atoms with Gasteiger partial charge in [-0.05, 0) is 24.6 Å². The number of phenols is 2. The third-order valence-corrected chi connectivity index (χ3v) is 3.84. The number of carbonyl (C=O) groups is 1. The third-order valence-electron chi connectivity index (χ3n) is 3.84. The van der Waals surface area contributed by atoms with Gasteiger partial charge in [0.15, 0.2) is 0 Å². The summed E-state index contributed by atoms with van der Waals surface area (Å²) in [6.45, 7) is 6.63. The summed E-state index contributed by atoms with van der Waals surface area (Å²) in [6, 6.07) is 4.05. The van der Waals surface area contributed by atoms with E-state index >= 15 is 0 Å². The summed E-state index contributed by atoms with van der Waals surface area (Å²) in [7, 11) is 0. The van der Waals surface area contributed by atoms with Gasteiger partial charge in [0.05, 0.1) is 5.56 Å². The Kier molecular flexibility index (Phi) is 5.03. The molecule has 0 spiro atoms. The van der Waals surface area contributed by atoms with Crippen molar-refractivity contribution in [2.75, 3.05) is 39.3 Å². The molecule has 2 rings (SSSR count). The van der Waals surface area contributed by atoms with Gasteiger partial charge in [-0.2, -0.15) is 0 Å². The molecule has 0 radical (unpaired) electrons. The lowest BCUT2D eigenvalue weighted by Gasteiger charge is -2.35. The van der Waals surface area contributed by atoms with Crippen molar-refractivity contribution < 1.29 is 15.0 Å². The molecule has 1 heterocycles. The number of aromatic hydroxyl groups is 2. The lowest BCUT2D eigenvalue weighted by Crippen LogP contribution is -2.50. The number of rotatable bonds is 4. The summed E-state index contributed by atoms with van der Waals surface area (Å²) >= 11 is 0. The Balaban J connectivity index is 1.94. The van der Waals surface area contributed by atoms with Crippen LogP contribution in [-0.2, 0) is 0 Å². The molecule has 1 aromatic rings. The first-order chi connectivity index (χ1) is 10.0. The van der Waals surface area contributed by atoms with Gasteiger partial charge < -0.3 is 20.8 Å². The zero-order chi connectivity index (χ0) is 15.4. The first-order valence-electron chi connectivity index (χ1n) is 7.25. The fourth-order valence-electron chi connectivity index (χ4n) is 2.52. The zero-order valence-electron chi connectivity index (χ0n) is 12.3. The Hall–Kier alpha value is -1.79. The maximum atomic E-state index is 12.4. The molecule has 1 unspecified atom stereocenters. The van der Waals surface area contributed by atoms with Gasteiger partial charge in [-0.15, -0.1) is 0 Å². The molecule has 1 aliphatic heterocycles. The number of nitrogens with zero attached hydrogens (tertiary/aromatic N) is 2. The van der Waals surface area contributed by atoms with Gasteiger partial charge in [0.2, 0.25) is 0 Å². The summed E-state index contributed by atoms with van der Waals surface area (Å²) in [5.41, 5.74) is 5.86. The number of hydrogen-bond donors (Lipinski definition) is 3. The van der Waals surface area contributed by atoms with Crippen LogP contribution in [0.1, 0.15) is 17.3 Å². The number of piperazine rings is 1. The molecule has 6 nitrogen and oxygen atoms in total. The molecule has 1 aliphatic rings. The molecular formula is C15H23N3O3. The predicted molar refractivity (Wildman–Crippen MR) is 80.3 cm³/mol. The average Bonchev–Trinajstić information content (AvgIpc) is 2.47. The molecule has 0 aromatic heterocycles. The van der Waals surface area contributed by atoms with E-state index in [1.54, 1.807) is 4.90 Å². The lowest BCUT2D eigenvalue weighted by atomic mass is 10.1. The first-order valence-corrected chi connectivity index (χ1v) is 7.25. The number of amides is 1. The summed E-state index contributed by atoms with van der Waals surface area (Å²) in [4.78, 5) is 16.4. The Morgan fingerprint density at radius 3 is 2.52 bits per heavy atom. The summed E-state index contributed by atoms with van der Waals surface area (Å²) in [6.07, 6.45) is 0. The molecule has 1 aromatic carbocycles. The smallest absolute Gasteiger partial charge is 0.257 e. The van der Waals surface area contributed by atoms with Crippen molar-refractivity contribution in [3.05, 3.63) is 23.8 Å². The summed E-state index contributed by atoms with van der Waals surface area (Å²) < 4.78 is 0. The molecule has 4 N–H and O–H groups in total. The van der Waals surface area contributed by atoms with E-state index in [1.807, 2.05) is 0 Å². The van der Waals surface area contributed by atoms with Crippen molar-refractivity contribution in [1.29, 1.82) is 0 Å². The number of hydrogen-bond acceptors (Lipinski definition) is 5. The van der Waals surface area contributed by atoms with Crippen LogP contribution in [0, 0.1) is 5.92 Å². The van der Waals surface area contributed by atoms with Crippen LogP contribution >= 0.6 is 0 Å². The van der Waals surface area contributed by atoms with E-state index in [9.17, 15) is 15.0 Å². The van der Waals surface area contributed by atoms with Gasteiger partial charge in [0.1, 0.15) is 11.5 Å². The maximum Gasteiger partial charge on any atom is 0.257 e. The molecule has 1 saturated heterocycles. The molecule has 6 heteroatoms. The van der Waals surface area contributed by atoms with Crippen molar-refractivity contribution in [1.82, 2.24) is 9.80 Å². The number of nitrogens with two attached hydrogens (primary N) is 1. The van der Waals surface area contributed by atoms with E-state index in [0.717, 1.165) is 19.6 Å². The van der Waals surface area contributed by atoms with E-state index in [-0.39, 0.29) is 23.0 Å². The van der Waals surface area contributed by atoms with Gasteiger partial charge in [-0.25, -0.2) is 0 Å². The highest BCUT2D eigenvalue weighted by Gasteiger charge is 2.24. The molecule has 0 aliphatic carbocycles. The van der Waals surface area contributed by atoms with Crippen LogP contribution in [0.15, 0.2) is 18.2 Å². The minimum atomic E-state index is -0.195. The van der Waals surface area contributed by atoms with Crippen molar-refractivity contribution in [3.8, 4) is 11.5 Å². The average molecular weight is 293 g/mol. The third kappa shape index (κ3) is 3.86. The van der Waals surface area contributed by atoms with Gasteiger partial charge >= 0.3 is 0 Å². The van der Waals surface area contributed by atoms with Crippen LogP contribution in [0.3, 0.4) is 0 Å². The molecular weight excluding hydrogens is 270 g/mol. The Bertz CT molecular complexity index is 499. The Labute approximate surface area is 124 Å². The quantitative estimate of drug-likeness (QED) is 0.750. The highest BCUT2D eigenvalue weighted by Crippen LogP contribution is 2.24. The number of benzene rings is 1. The lowest BCUT2D eigenvalue weighted by molar-refractivity contribution is 0.0619. The second-order valence-corrected chi connectivity index (χ2v) is 5.64. The van der Waals surface area contributed by atoms with Crippen LogP contribution in [0.4, 0.5) is 0 Å². The van der Waals surface area contributed by atoms with Crippen LogP contribution in [0.25, 0.3) is 0 Å². The second-order valence-electron chi connectivity index (χ2n) is 5.64. The summed E-state index contributed by atoms with van der Waals surface area (Å²) in [5.74, 6) is 0.0243. The van der Waals surface area contributed by atoms with Crippen LogP contribution in [0.2, 0.25) is 0 Å². The molecule has 116 valence electrons. The second kappa shape index (κ2) is 6.78. The van der Waals surface area contributed by atoms with E-state index < -0.39 is 0 Å². The molecule has 1 amide bonds. The topological polar surface area (TPSA) is 90.0 Å². The van der Waals surface area contributed by atoms with Gasteiger partial charge in [-0.3, -0.25) is 9.69 Å². The van der Waals surface area contributed by atoms with Crippen molar-refractivity contribution in [2.45, 2.75) is 6.92 Å². The molecule has 1 atom stereocenters. The molecule has 0 saturated carbocycles. The normalized spacial score (nSPS) is 17.7. The monoisotopic (exact) mass is 293 g/mol. The van der Waals surface area contributed by atoms with E-state index in [0.29, 0.717) is 25.6 Å². The maximum absolute atomic E-state index is 12.4. The van der Waals surface area contributed by atoms with Crippen molar-refractivity contribution >= 4 is 5.91 Å². The van der Waals surface area contributed by atoms with Gasteiger partial charge in [0.25, 0.3) is 5.91 Å². The van der Waals surface area contributed by atoms with Crippen LogP contribution < -0.4 is 5.73 Å². The van der Waals surface area contributed by atoms with Gasteiger partial charge in [-0.1, -0.05) is 6.92 Å². The Morgan fingerprint density at radius 1 is 1.29 bits per heavy atom. The highest BCUT2D eigenvalue weighted by molar-refractivity contribution is 5.97. The van der Waals surface area contributed by atoms with Crippen molar-refractivity contribution in [2.24, 2.45) is 11.7 Å². The van der Waals surface area contributed by atoms with E-state index in [1.165, 1.54) is 18.2 Å². The minimum Gasteiger partial charge on any atom is -0.508 e. The number of phenolic OH excluding ortho intramolecular Hbond substituents is 2. The van der Waals surface area contributed by atoms with Crippen molar-refractivity contribution in [3.63, 3.8) is 0 Å². The zero-order valence-corrected chi connectivity index (χ0v) is 12.3. The number of carbonyl (C=O) groups excluding carboxylic acids is 1. The molecule has 21 heavy (non-hydrogen) atoms. The first kappa shape index (κ1) is 15.6. The summed E-state index contributed by atoms with van der Waals surface area (Å²) in [5, 5.41) is 19.0. The van der Waals surface area contributed by atoms with Crippen LogP contribution in [0.5, 0.6) is 11.5 Å². The molecule has 1 fully saturated rings. The fourth-order valence-corrected chi connectivity index (χ4v) is 2.52. The highest BCUT2D eigenvalue weighted by atomic mass is 16.3. The van der Waals surface area contributed by atoms with Crippen LogP contribution in [-0.4, -0.2) is 65.2 Å². The largest absolute Gasteiger partial charge is 0.508 e.